The van der Waals surface area contributed by atoms with Gasteiger partial charge in [0, 0.05) is 11.3 Å². The number of thiazole rings is 1. The molecule has 0 aliphatic carbocycles. The fraction of sp³-hybridized carbons (Fsp3) is 0.429. The minimum Gasteiger partial charge on any atom is -0.380 e. The highest BCUT2D eigenvalue weighted by Crippen LogP contribution is 2.24. The number of primary amides is 1. The lowest BCUT2D eigenvalue weighted by molar-refractivity contribution is 0.00690. The standard InChI is InChI=1S/C7H8N2O2S/c8-6(10)7-9-5(3-12-7)4-1-11-2-4/h3-4H,1-2H2,(H2,8,10). The topological polar surface area (TPSA) is 65.2 Å². The van der Waals surface area contributed by atoms with Crippen LogP contribution in [0.2, 0.25) is 0 Å². The van der Waals surface area contributed by atoms with Crippen molar-refractivity contribution in [1.29, 1.82) is 0 Å². The molecule has 1 aromatic rings. The summed E-state index contributed by atoms with van der Waals surface area (Å²) in [4.78, 5) is 14.8. The molecule has 0 saturated carbocycles. The highest BCUT2D eigenvalue weighted by atomic mass is 32.1. The first-order chi connectivity index (χ1) is 5.77. The number of carbonyl (C=O) groups is 1. The molecule has 0 aromatic carbocycles. The number of hydrogen-bond donors (Lipinski definition) is 1. The maximum absolute atomic E-state index is 10.7. The monoisotopic (exact) mass is 184 g/mol. The fourth-order valence-electron chi connectivity index (χ4n) is 0.993. The van der Waals surface area contributed by atoms with E-state index in [1.165, 1.54) is 11.3 Å². The second-order valence-electron chi connectivity index (χ2n) is 2.68. The van der Waals surface area contributed by atoms with E-state index < -0.39 is 5.91 Å². The first kappa shape index (κ1) is 7.70. The van der Waals surface area contributed by atoms with Gasteiger partial charge in [-0.3, -0.25) is 4.79 Å². The summed E-state index contributed by atoms with van der Waals surface area (Å²) in [7, 11) is 0. The average Bonchev–Trinajstić information content (AvgIpc) is 2.32. The molecule has 0 spiro atoms. The Morgan fingerprint density at radius 1 is 1.75 bits per heavy atom. The van der Waals surface area contributed by atoms with E-state index in [1.54, 1.807) is 0 Å². The van der Waals surface area contributed by atoms with Crippen LogP contribution in [-0.4, -0.2) is 24.1 Å². The lowest BCUT2D eigenvalue weighted by Gasteiger charge is -2.23. The van der Waals surface area contributed by atoms with Crippen LogP contribution in [0, 0.1) is 0 Å². The number of hydrogen-bond acceptors (Lipinski definition) is 4. The molecule has 1 fully saturated rings. The molecule has 64 valence electrons. The molecule has 1 aliphatic rings. The van der Waals surface area contributed by atoms with Crippen molar-refractivity contribution in [3.63, 3.8) is 0 Å². The van der Waals surface area contributed by atoms with Gasteiger partial charge in [-0.2, -0.15) is 0 Å². The SMILES string of the molecule is NC(=O)c1nc(C2COC2)cs1. The Morgan fingerprint density at radius 3 is 2.92 bits per heavy atom. The van der Waals surface area contributed by atoms with Gasteiger partial charge in [0.15, 0.2) is 5.01 Å². The average molecular weight is 184 g/mol. The molecule has 0 radical (unpaired) electrons. The van der Waals surface area contributed by atoms with Crippen LogP contribution in [0.3, 0.4) is 0 Å². The molecule has 2 heterocycles. The lowest BCUT2D eigenvalue weighted by Crippen LogP contribution is -2.25. The number of nitrogens with zero attached hydrogens (tertiary/aromatic N) is 1. The molecule has 2 rings (SSSR count). The van der Waals surface area contributed by atoms with E-state index in [-0.39, 0.29) is 0 Å². The summed E-state index contributed by atoms with van der Waals surface area (Å²) in [6.07, 6.45) is 0. The summed E-state index contributed by atoms with van der Waals surface area (Å²) in [5.74, 6) is -0.0826. The summed E-state index contributed by atoms with van der Waals surface area (Å²) < 4.78 is 5.01. The first-order valence-electron chi connectivity index (χ1n) is 3.60. The molecule has 4 nitrogen and oxygen atoms in total. The van der Waals surface area contributed by atoms with E-state index in [0.29, 0.717) is 24.1 Å². The second-order valence-corrected chi connectivity index (χ2v) is 3.53. The van der Waals surface area contributed by atoms with Crippen molar-refractivity contribution in [3.8, 4) is 0 Å². The van der Waals surface area contributed by atoms with Gasteiger partial charge >= 0.3 is 0 Å². The van der Waals surface area contributed by atoms with Crippen LogP contribution >= 0.6 is 11.3 Å². The third-order valence-electron chi connectivity index (χ3n) is 1.79. The van der Waals surface area contributed by atoms with Crippen molar-refractivity contribution < 1.29 is 9.53 Å². The number of nitrogens with two attached hydrogens (primary N) is 1. The van der Waals surface area contributed by atoms with Crippen molar-refractivity contribution in [2.75, 3.05) is 13.2 Å². The molecule has 5 heteroatoms. The van der Waals surface area contributed by atoms with Crippen molar-refractivity contribution in [3.05, 3.63) is 16.1 Å². The molecule has 1 aliphatic heterocycles. The van der Waals surface area contributed by atoms with E-state index in [4.69, 9.17) is 10.5 Å². The Hall–Kier alpha value is -0.940. The van der Waals surface area contributed by atoms with E-state index in [1.807, 2.05) is 5.38 Å². The van der Waals surface area contributed by atoms with Gasteiger partial charge in [0.2, 0.25) is 0 Å². The molecule has 0 unspecified atom stereocenters. The summed E-state index contributed by atoms with van der Waals surface area (Å²) in [5, 5.41) is 2.25. The Labute approximate surface area is 73.4 Å². The Balaban J connectivity index is 2.17. The van der Waals surface area contributed by atoms with Gasteiger partial charge in [-0.25, -0.2) is 4.98 Å². The molecule has 1 saturated heterocycles. The van der Waals surface area contributed by atoms with Gasteiger partial charge in [-0.15, -0.1) is 11.3 Å². The van der Waals surface area contributed by atoms with Crippen LogP contribution in [0.25, 0.3) is 0 Å². The molecular weight excluding hydrogens is 176 g/mol. The summed E-state index contributed by atoms with van der Waals surface area (Å²) in [6, 6.07) is 0. The van der Waals surface area contributed by atoms with Crippen LogP contribution in [-0.2, 0) is 4.74 Å². The lowest BCUT2D eigenvalue weighted by atomic mass is 10.1. The predicted molar refractivity (Wildman–Crippen MR) is 44.2 cm³/mol. The molecule has 2 N–H and O–H groups in total. The number of rotatable bonds is 2. The number of ether oxygens (including phenoxy) is 1. The predicted octanol–water partition coefficient (Wildman–Crippen LogP) is 0.356. The maximum atomic E-state index is 10.7. The summed E-state index contributed by atoms with van der Waals surface area (Å²) in [5.41, 5.74) is 6.00. The first-order valence-corrected chi connectivity index (χ1v) is 4.48. The van der Waals surface area contributed by atoms with E-state index >= 15 is 0 Å². The minimum absolute atomic E-state index is 0.370. The van der Waals surface area contributed by atoms with E-state index in [0.717, 1.165) is 5.69 Å². The summed E-state index contributed by atoms with van der Waals surface area (Å²) in [6.45, 7) is 1.42. The van der Waals surface area contributed by atoms with Crippen molar-refractivity contribution >= 4 is 17.2 Å². The van der Waals surface area contributed by atoms with Crippen LogP contribution in [0.1, 0.15) is 21.4 Å². The van der Waals surface area contributed by atoms with Crippen molar-refractivity contribution in [2.45, 2.75) is 5.92 Å². The molecular formula is C7H8N2O2S. The summed E-state index contributed by atoms with van der Waals surface area (Å²) >= 11 is 1.29. The third kappa shape index (κ3) is 1.21. The van der Waals surface area contributed by atoms with E-state index in [9.17, 15) is 4.79 Å². The van der Waals surface area contributed by atoms with Gasteiger partial charge in [0.25, 0.3) is 5.91 Å². The molecule has 1 aromatic heterocycles. The molecule has 0 bridgehead atoms. The molecule has 1 amide bonds. The normalized spacial score (nSPS) is 17.3. The maximum Gasteiger partial charge on any atom is 0.277 e. The number of carbonyl (C=O) groups excluding carboxylic acids is 1. The number of amides is 1. The van der Waals surface area contributed by atoms with Crippen LogP contribution in [0.5, 0.6) is 0 Å². The van der Waals surface area contributed by atoms with Crippen LogP contribution in [0.4, 0.5) is 0 Å². The van der Waals surface area contributed by atoms with Crippen molar-refractivity contribution in [2.24, 2.45) is 5.73 Å². The van der Waals surface area contributed by atoms with Gasteiger partial charge in [-0.05, 0) is 0 Å². The van der Waals surface area contributed by atoms with Crippen LogP contribution in [0.15, 0.2) is 5.38 Å². The fourth-order valence-corrected chi connectivity index (χ4v) is 1.75. The smallest absolute Gasteiger partial charge is 0.277 e. The largest absolute Gasteiger partial charge is 0.380 e. The Bertz CT molecular complexity index is 306. The molecule has 12 heavy (non-hydrogen) atoms. The zero-order valence-corrected chi connectivity index (χ0v) is 7.13. The minimum atomic E-state index is -0.452. The van der Waals surface area contributed by atoms with Gasteiger partial charge in [-0.1, -0.05) is 0 Å². The number of aromatic nitrogens is 1. The zero-order valence-electron chi connectivity index (χ0n) is 6.32. The second kappa shape index (κ2) is 2.84. The van der Waals surface area contributed by atoms with Crippen LogP contribution < -0.4 is 5.73 Å². The molecule has 0 atom stereocenters. The highest BCUT2D eigenvalue weighted by Gasteiger charge is 2.23. The Morgan fingerprint density at radius 2 is 2.50 bits per heavy atom. The van der Waals surface area contributed by atoms with Gasteiger partial charge in [0.05, 0.1) is 18.9 Å². The third-order valence-corrected chi connectivity index (χ3v) is 2.66. The Kier molecular flexibility index (Phi) is 1.82. The van der Waals surface area contributed by atoms with Crippen molar-refractivity contribution in [1.82, 2.24) is 4.98 Å². The quantitative estimate of drug-likeness (QED) is 0.721. The van der Waals surface area contributed by atoms with Gasteiger partial charge in [0.1, 0.15) is 0 Å². The highest BCUT2D eigenvalue weighted by molar-refractivity contribution is 7.11. The van der Waals surface area contributed by atoms with E-state index in [2.05, 4.69) is 4.98 Å². The van der Waals surface area contributed by atoms with Gasteiger partial charge < -0.3 is 10.5 Å². The zero-order chi connectivity index (χ0) is 8.55.